The zero-order chi connectivity index (χ0) is 23.3. The first-order valence-corrected chi connectivity index (χ1v) is 11.0. The van der Waals surface area contributed by atoms with Crippen molar-refractivity contribution in [2.75, 3.05) is 0 Å². The van der Waals surface area contributed by atoms with E-state index in [9.17, 15) is 30.0 Å². The van der Waals surface area contributed by atoms with Crippen LogP contribution in [0.25, 0.3) is 0 Å². The maximum absolute atomic E-state index is 12.5. The fourth-order valence-corrected chi connectivity index (χ4v) is 4.54. The Kier molecular flexibility index (Phi) is 9.24. The molecule has 0 aliphatic heterocycles. The molecular formula is C23H36O8. The summed E-state index contributed by atoms with van der Waals surface area (Å²) in [6, 6.07) is 0. The van der Waals surface area contributed by atoms with Crippen molar-refractivity contribution < 1.29 is 39.9 Å². The molecule has 9 atom stereocenters. The minimum atomic E-state index is -1.11. The second-order valence-corrected chi connectivity index (χ2v) is 9.10. The number of rotatable bonds is 10. The van der Waals surface area contributed by atoms with Gasteiger partial charge in [0.05, 0.1) is 36.8 Å². The molecule has 2 aliphatic carbocycles. The van der Waals surface area contributed by atoms with E-state index < -0.39 is 54.8 Å². The summed E-state index contributed by atoms with van der Waals surface area (Å²) < 4.78 is 5.75. The van der Waals surface area contributed by atoms with Gasteiger partial charge in [0, 0.05) is 12.3 Å². The average molecular weight is 441 g/mol. The largest absolute Gasteiger partial charge is 0.481 e. The monoisotopic (exact) mass is 440 g/mol. The van der Waals surface area contributed by atoms with E-state index in [0.717, 1.165) is 5.57 Å². The molecule has 5 N–H and O–H groups in total. The van der Waals surface area contributed by atoms with Crippen molar-refractivity contribution in [2.45, 2.75) is 83.4 Å². The van der Waals surface area contributed by atoms with Gasteiger partial charge in [-0.15, -0.1) is 0 Å². The van der Waals surface area contributed by atoms with Gasteiger partial charge in [-0.25, -0.2) is 0 Å². The molecule has 0 bridgehead atoms. The van der Waals surface area contributed by atoms with Crippen LogP contribution in [-0.2, 0) is 14.3 Å². The first-order valence-electron chi connectivity index (χ1n) is 11.0. The highest BCUT2D eigenvalue weighted by Gasteiger charge is 2.42. The Morgan fingerprint density at radius 2 is 1.87 bits per heavy atom. The summed E-state index contributed by atoms with van der Waals surface area (Å²) in [6.07, 6.45) is 2.49. The van der Waals surface area contributed by atoms with Gasteiger partial charge < -0.3 is 30.3 Å². The molecule has 0 spiro atoms. The molecule has 31 heavy (non-hydrogen) atoms. The van der Waals surface area contributed by atoms with Crippen LogP contribution >= 0.6 is 0 Å². The molecule has 0 saturated carbocycles. The number of hydrogen-bond acceptors (Lipinski definition) is 7. The van der Waals surface area contributed by atoms with Gasteiger partial charge in [-0.2, -0.15) is 0 Å². The summed E-state index contributed by atoms with van der Waals surface area (Å²) in [5.41, 5.74) is 0.893. The SMILES string of the molecule is CC(O)C(C)C(=O)OC1CC(O)C=C2C=CC(C)C(CCC(O)CC(O)CC(=O)O)C21. The molecule has 176 valence electrons. The summed E-state index contributed by atoms with van der Waals surface area (Å²) in [5.74, 6) is -2.27. The number of fused-ring (bicyclic) bond motifs is 1. The average Bonchev–Trinajstić information content (AvgIpc) is 2.65. The minimum absolute atomic E-state index is 0.0143. The van der Waals surface area contributed by atoms with Crippen LogP contribution < -0.4 is 0 Å². The molecule has 0 heterocycles. The van der Waals surface area contributed by atoms with E-state index >= 15 is 0 Å². The number of carboxylic acids is 1. The molecule has 0 aromatic rings. The van der Waals surface area contributed by atoms with E-state index in [1.807, 2.05) is 19.1 Å². The number of carbonyl (C=O) groups excluding carboxylic acids is 1. The number of aliphatic hydroxyl groups excluding tert-OH is 4. The van der Waals surface area contributed by atoms with Crippen LogP contribution in [-0.4, -0.2) is 68.0 Å². The molecule has 0 radical (unpaired) electrons. The number of esters is 1. The van der Waals surface area contributed by atoms with Crippen molar-refractivity contribution in [1.82, 2.24) is 0 Å². The van der Waals surface area contributed by atoms with E-state index in [1.165, 1.54) is 6.92 Å². The Bertz CT molecular complexity index is 685. The topological polar surface area (TPSA) is 145 Å². The molecule has 0 fully saturated rings. The number of aliphatic carboxylic acids is 1. The lowest BCUT2D eigenvalue weighted by Gasteiger charge is -2.43. The van der Waals surface area contributed by atoms with Gasteiger partial charge >= 0.3 is 11.9 Å². The van der Waals surface area contributed by atoms with Crippen molar-refractivity contribution in [3.8, 4) is 0 Å². The quantitative estimate of drug-likeness (QED) is 0.321. The second-order valence-electron chi connectivity index (χ2n) is 9.10. The van der Waals surface area contributed by atoms with E-state index in [1.54, 1.807) is 13.0 Å². The molecule has 2 aliphatic rings. The zero-order valence-corrected chi connectivity index (χ0v) is 18.4. The Hall–Kier alpha value is -1.74. The highest BCUT2D eigenvalue weighted by atomic mass is 16.5. The van der Waals surface area contributed by atoms with Crippen LogP contribution in [0.4, 0.5) is 0 Å². The Morgan fingerprint density at radius 1 is 1.19 bits per heavy atom. The van der Waals surface area contributed by atoms with E-state index in [2.05, 4.69) is 0 Å². The summed E-state index contributed by atoms with van der Waals surface area (Å²) in [4.78, 5) is 23.2. The number of carboxylic acid groups (broad SMARTS) is 1. The van der Waals surface area contributed by atoms with Crippen LogP contribution in [0.5, 0.6) is 0 Å². The second kappa shape index (κ2) is 11.2. The Balaban J connectivity index is 2.10. The predicted octanol–water partition coefficient (Wildman–Crippen LogP) is 1.41. The lowest BCUT2D eigenvalue weighted by Crippen LogP contribution is -2.43. The molecule has 0 aromatic heterocycles. The summed E-state index contributed by atoms with van der Waals surface area (Å²) >= 11 is 0. The Morgan fingerprint density at radius 3 is 2.48 bits per heavy atom. The third kappa shape index (κ3) is 7.14. The van der Waals surface area contributed by atoms with Crippen LogP contribution in [0.3, 0.4) is 0 Å². The molecule has 0 amide bonds. The van der Waals surface area contributed by atoms with Crippen molar-refractivity contribution in [1.29, 1.82) is 0 Å². The highest BCUT2D eigenvalue weighted by Crippen LogP contribution is 2.44. The normalized spacial score (nSPS) is 31.7. The number of allylic oxidation sites excluding steroid dienone is 2. The summed E-state index contributed by atoms with van der Waals surface area (Å²) in [6.45, 7) is 5.18. The van der Waals surface area contributed by atoms with Crippen LogP contribution in [0.15, 0.2) is 23.8 Å². The third-order valence-corrected chi connectivity index (χ3v) is 6.52. The van der Waals surface area contributed by atoms with Gasteiger partial charge in [-0.05, 0) is 50.5 Å². The molecule has 8 heteroatoms. The van der Waals surface area contributed by atoms with Gasteiger partial charge in [0.15, 0.2) is 0 Å². The van der Waals surface area contributed by atoms with Gasteiger partial charge in [0.25, 0.3) is 0 Å². The lowest BCUT2D eigenvalue weighted by molar-refractivity contribution is -0.162. The standard InChI is InChI=1S/C23H36O8/c1-12-4-5-15-8-17(26)10-20(31-23(30)13(2)14(3)24)22(15)19(12)7-6-16(25)9-18(27)11-21(28)29/h4-5,8,12-14,16-20,22,24-27H,6-7,9-11H2,1-3H3,(H,28,29). The predicted molar refractivity (Wildman–Crippen MR) is 113 cm³/mol. The molecule has 0 saturated heterocycles. The van der Waals surface area contributed by atoms with Gasteiger partial charge in [0.1, 0.15) is 6.10 Å². The van der Waals surface area contributed by atoms with Crippen LogP contribution in [0.2, 0.25) is 0 Å². The fourth-order valence-electron chi connectivity index (χ4n) is 4.54. The molecule has 8 nitrogen and oxygen atoms in total. The number of ether oxygens (including phenoxy) is 1. The summed E-state index contributed by atoms with van der Waals surface area (Å²) in [7, 11) is 0. The molecule has 9 unspecified atom stereocenters. The van der Waals surface area contributed by atoms with Gasteiger partial charge in [0.2, 0.25) is 0 Å². The number of hydrogen-bond donors (Lipinski definition) is 5. The van der Waals surface area contributed by atoms with Crippen molar-refractivity contribution in [3.05, 3.63) is 23.8 Å². The maximum Gasteiger partial charge on any atom is 0.311 e. The smallest absolute Gasteiger partial charge is 0.311 e. The maximum atomic E-state index is 12.5. The number of carbonyl (C=O) groups is 2. The minimum Gasteiger partial charge on any atom is -0.481 e. The van der Waals surface area contributed by atoms with Crippen molar-refractivity contribution in [3.63, 3.8) is 0 Å². The molecular weight excluding hydrogens is 404 g/mol. The summed E-state index contributed by atoms with van der Waals surface area (Å²) in [5, 5.41) is 48.8. The van der Waals surface area contributed by atoms with E-state index in [-0.39, 0.29) is 30.6 Å². The fraction of sp³-hybridized carbons (Fsp3) is 0.739. The lowest BCUT2D eigenvalue weighted by atomic mass is 9.66. The molecule has 2 rings (SSSR count). The van der Waals surface area contributed by atoms with E-state index in [0.29, 0.717) is 12.8 Å². The van der Waals surface area contributed by atoms with E-state index in [4.69, 9.17) is 9.84 Å². The highest BCUT2D eigenvalue weighted by molar-refractivity contribution is 5.73. The third-order valence-electron chi connectivity index (χ3n) is 6.52. The first kappa shape index (κ1) is 25.5. The van der Waals surface area contributed by atoms with Crippen LogP contribution in [0, 0.1) is 23.7 Å². The van der Waals surface area contributed by atoms with Crippen molar-refractivity contribution >= 4 is 11.9 Å². The van der Waals surface area contributed by atoms with Gasteiger partial charge in [-0.3, -0.25) is 9.59 Å². The number of aliphatic hydroxyl groups is 4. The van der Waals surface area contributed by atoms with Crippen LogP contribution in [0.1, 0.15) is 52.9 Å². The van der Waals surface area contributed by atoms with Gasteiger partial charge in [-0.1, -0.05) is 25.2 Å². The molecule has 0 aromatic carbocycles. The first-order chi connectivity index (χ1) is 14.5. The zero-order valence-electron chi connectivity index (χ0n) is 18.4. The Labute approximate surface area is 183 Å². The van der Waals surface area contributed by atoms with Crippen molar-refractivity contribution in [2.24, 2.45) is 23.7 Å².